The summed E-state index contributed by atoms with van der Waals surface area (Å²) in [5.74, 6) is 1.72. The molecular formula is C37H41N5O7. The molecule has 2 aromatic heterocycles. The summed E-state index contributed by atoms with van der Waals surface area (Å²) in [7, 11) is 1.59. The molecule has 2 aliphatic rings. The van der Waals surface area contributed by atoms with Crippen LogP contribution in [0.4, 0.5) is 0 Å². The molecule has 256 valence electrons. The number of hydrogen-bond acceptors (Lipinski definition) is 9. The second-order valence-corrected chi connectivity index (χ2v) is 12.2. The lowest BCUT2D eigenvalue weighted by molar-refractivity contribution is -0.130. The van der Waals surface area contributed by atoms with E-state index in [0.717, 1.165) is 29.5 Å². The Morgan fingerprint density at radius 2 is 1.82 bits per heavy atom. The molecule has 2 aliphatic heterocycles. The Morgan fingerprint density at radius 1 is 0.959 bits per heavy atom. The zero-order valence-electron chi connectivity index (χ0n) is 28.1. The van der Waals surface area contributed by atoms with Crippen LogP contribution in [0, 0.1) is 13.8 Å². The summed E-state index contributed by atoms with van der Waals surface area (Å²) < 4.78 is 23.7. The lowest BCUT2D eigenvalue weighted by atomic mass is 9.98. The fourth-order valence-electron chi connectivity index (χ4n) is 6.26. The molecule has 4 heterocycles. The molecule has 4 aromatic rings. The summed E-state index contributed by atoms with van der Waals surface area (Å²) in [6, 6.07) is 12.9. The normalized spacial score (nSPS) is 15.5. The first kappa shape index (κ1) is 33.5. The fourth-order valence-corrected chi connectivity index (χ4v) is 6.26. The number of fused-ring (bicyclic) bond motifs is 7. The number of aromatic nitrogens is 2. The van der Waals surface area contributed by atoms with Gasteiger partial charge in [-0.25, -0.2) is 0 Å². The molecule has 49 heavy (non-hydrogen) atoms. The molecule has 12 heteroatoms. The van der Waals surface area contributed by atoms with Gasteiger partial charge in [-0.05, 0) is 80.6 Å². The number of nitrogens with one attached hydrogen (secondary N) is 1. The minimum absolute atomic E-state index is 0.0142. The van der Waals surface area contributed by atoms with Crippen molar-refractivity contribution in [2.45, 2.75) is 46.1 Å². The van der Waals surface area contributed by atoms with Crippen LogP contribution in [0.1, 0.15) is 62.6 Å². The number of nitrogens with zero attached hydrogens (tertiary/aromatic N) is 4. The molecule has 3 amide bonds. The fraction of sp³-hybridized carbons (Fsp3) is 0.378. The molecule has 12 nitrogen and oxygen atoms in total. The van der Waals surface area contributed by atoms with Gasteiger partial charge < -0.3 is 33.9 Å². The molecule has 0 aliphatic carbocycles. The maximum atomic E-state index is 13.7. The van der Waals surface area contributed by atoms with Crippen molar-refractivity contribution in [3.8, 4) is 28.4 Å². The van der Waals surface area contributed by atoms with Crippen LogP contribution in [0.5, 0.6) is 17.2 Å². The number of pyridine rings is 1. The third-order valence-electron chi connectivity index (χ3n) is 8.81. The summed E-state index contributed by atoms with van der Waals surface area (Å²) in [5.41, 5.74) is 4.50. The van der Waals surface area contributed by atoms with E-state index < -0.39 is 0 Å². The summed E-state index contributed by atoms with van der Waals surface area (Å²) in [6.07, 6.45) is 5.70. The van der Waals surface area contributed by atoms with Gasteiger partial charge in [0.05, 0.1) is 32.4 Å². The average Bonchev–Trinajstić information content (AvgIpc) is 3.30. The maximum absolute atomic E-state index is 13.7. The molecule has 0 radical (unpaired) electrons. The lowest BCUT2D eigenvalue weighted by Gasteiger charge is -2.23. The van der Waals surface area contributed by atoms with Crippen LogP contribution in [-0.4, -0.2) is 84.2 Å². The van der Waals surface area contributed by atoms with Crippen LogP contribution in [0.2, 0.25) is 0 Å². The molecule has 1 N–H and O–H groups in total. The van der Waals surface area contributed by atoms with Crippen molar-refractivity contribution in [2.24, 2.45) is 0 Å². The first-order valence-corrected chi connectivity index (χ1v) is 16.6. The Hall–Kier alpha value is -5.39. The number of ether oxygens (including phenoxy) is 3. The van der Waals surface area contributed by atoms with Crippen molar-refractivity contribution in [3.63, 3.8) is 0 Å². The minimum atomic E-state index is -0.205. The summed E-state index contributed by atoms with van der Waals surface area (Å²) >= 11 is 0. The van der Waals surface area contributed by atoms with Crippen LogP contribution in [0.3, 0.4) is 0 Å². The maximum Gasteiger partial charge on any atom is 0.259 e. The molecule has 0 saturated heterocycles. The van der Waals surface area contributed by atoms with Crippen molar-refractivity contribution in [1.82, 2.24) is 25.3 Å². The van der Waals surface area contributed by atoms with Gasteiger partial charge in [0, 0.05) is 55.3 Å². The van der Waals surface area contributed by atoms with E-state index in [1.807, 2.05) is 29.2 Å². The second kappa shape index (κ2) is 15.2. The molecule has 0 fully saturated rings. The van der Waals surface area contributed by atoms with Gasteiger partial charge in [0.15, 0.2) is 11.5 Å². The largest absolute Gasteiger partial charge is 0.496 e. The number of benzene rings is 2. The Balaban J connectivity index is 1.33. The highest BCUT2D eigenvalue weighted by Crippen LogP contribution is 2.41. The smallest absolute Gasteiger partial charge is 0.259 e. The first-order valence-electron chi connectivity index (χ1n) is 16.6. The number of rotatable bonds is 4. The van der Waals surface area contributed by atoms with Crippen LogP contribution in [0.25, 0.3) is 11.1 Å². The van der Waals surface area contributed by atoms with E-state index in [1.165, 1.54) is 0 Å². The molecule has 0 unspecified atom stereocenters. The van der Waals surface area contributed by atoms with Crippen molar-refractivity contribution in [3.05, 3.63) is 88.6 Å². The van der Waals surface area contributed by atoms with Crippen molar-refractivity contribution in [2.75, 3.05) is 46.5 Å². The SMILES string of the molecule is COc1ccc2cc1-c1cc3c(c(c1)OCCCN(C(=O)Cc1cccnc1)CCCCNC2=O)OCCN(C(=O)c1c(C)noc1C)C3. The number of amides is 3. The molecule has 2 aromatic carbocycles. The molecule has 0 atom stereocenters. The van der Waals surface area contributed by atoms with E-state index >= 15 is 0 Å². The summed E-state index contributed by atoms with van der Waals surface area (Å²) in [5, 5.41) is 6.99. The van der Waals surface area contributed by atoms with Crippen LogP contribution < -0.4 is 19.5 Å². The summed E-state index contributed by atoms with van der Waals surface area (Å²) in [6.45, 7) is 6.20. The van der Waals surface area contributed by atoms with Crippen LogP contribution in [0.15, 0.2) is 59.4 Å². The van der Waals surface area contributed by atoms with Crippen LogP contribution in [-0.2, 0) is 17.8 Å². The van der Waals surface area contributed by atoms with E-state index in [-0.39, 0.29) is 37.3 Å². The quantitative estimate of drug-likeness (QED) is 0.327. The van der Waals surface area contributed by atoms with Crippen LogP contribution >= 0.6 is 0 Å². The Kier molecular flexibility index (Phi) is 10.4. The lowest BCUT2D eigenvalue weighted by Crippen LogP contribution is -2.35. The van der Waals surface area contributed by atoms with Crippen molar-refractivity contribution in [1.29, 1.82) is 0 Å². The average molecular weight is 668 g/mol. The zero-order valence-corrected chi connectivity index (χ0v) is 28.1. The predicted molar refractivity (Wildman–Crippen MR) is 181 cm³/mol. The highest BCUT2D eigenvalue weighted by Gasteiger charge is 2.28. The number of hydrogen-bond donors (Lipinski definition) is 1. The monoisotopic (exact) mass is 667 g/mol. The number of methoxy groups -OCH3 is 1. The van der Waals surface area contributed by atoms with Gasteiger partial charge in [0.1, 0.15) is 23.7 Å². The van der Waals surface area contributed by atoms with Gasteiger partial charge in [0.25, 0.3) is 11.8 Å². The van der Waals surface area contributed by atoms with Gasteiger partial charge in [-0.1, -0.05) is 11.2 Å². The minimum Gasteiger partial charge on any atom is -0.496 e. The summed E-state index contributed by atoms with van der Waals surface area (Å²) in [4.78, 5) is 48.1. The molecule has 6 rings (SSSR count). The van der Waals surface area contributed by atoms with Gasteiger partial charge >= 0.3 is 0 Å². The molecular weight excluding hydrogens is 626 g/mol. The predicted octanol–water partition coefficient (Wildman–Crippen LogP) is 4.76. The van der Waals surface area contributed by atoms with Crippen molar-refractivity contribution >= 4 is 17.7 Å². The van der Waals surface area contributed by atoms with Gasteiger partial charge in [-0.3, -0.25) is 19.4 Å². The van der Waals surface area contributed by atoms with E-state index in [1.54, 1.807) is 56.4 Å². The first-order chi connectivity index (χ1) is 23.8. The molecule has 0 saturated carbocycles. The standard InChI is InChI=1S/C37H41N5O7/c1-24-34(25(2)49-40-24)37(45)42-15-17-48-35-29(23-42)19-28-21-32(35)47-16-7-14-41(33(43)18-26-8-6-11-38-22-26)13-5-4-12-39-36(44)27-9-10-31(46-3)30(28)20-27/h6,8-11,19-22H,4-5,7,12-18,23H2,1-3H3,(H,39,44). The van der Waals surface area contributed by atoms with Gasteiger partial charge in [-0.2, -0.15) is 0 Å². The highest BCUT2D eigenvalue weighted by molar-refractivity contribution is 5.97. The van der Waals surface area contributed by atoms with E-state index in [4.69, 9.17) is 18.7 Å². The number of aryl methyl sites for hydroxylation is 2. The molecule has 0 spiro atoms. The zero-order chi connectivity index (χ0) is 34.3. The van der Waals surface area contributed by atoms with E-state index in [9.17, 15) is 14.4 Å². The van der Waals surface area contributed by atoms with E-state index in [0.29, 0.717) is 84.6 Å². The Bertz CT molecular complexity index is 1800. The van der Waals surface area contributed by atoms with Gasteiger partial charge in [0.2, 0.25) is 5.91 Å². The Morgan fingerprint density at radius 3 is 2.59 bits per heavy atom. The molecule has 4 bridgehead atoms. The third kappa shape index (κ3) is 7.69. The number of carbonyl (C=O) groups excluding carboxylic acids is 3. The van der Waals surface area contributed by atoms with Crippen molar-refractivity contribution < 1.29 is 33.1 Å². The Labute approximate surface area is 285 Å². The second-order valence-electron chi connectivity index (χ2n) is 12.2. The van der Waals surface area contributed by atoms with E-state index in [2.05, 4.69) is 15.5 Å². The third-order valence-corrected chi connectivity index (χ3v) is 8.81. The topological polar surface area (TPSA) is 136 Å². The van der Waals surface area contributed by atoms with Gasteiger partial charge in [-0.15, -0.1) is 0 Å². The highest BCUT2D eigenvalue weighted by atomic mass is 16.5. The number of carbonyl (C=O) groups is 3.